The van der Waals surface area contributed by atoms with Gasteiger partial charge in [0, 0.05) is 31.7 Å². The van der Waals surface area contributed by atoms with Gasteiger partial charge in [-0.2, -0.15) is 0 Å². The van der Waals surface area contributed by atoms with Crippen molar-refractivity contribution < 1.29 is 0 Å². The number of hydrogen-bond donors (Lipinski definition) is 1. The fourth-order valence-corrected chi connectivity index (χ4v) is 2.96. The molecular weight excluding hydrogens is 172 g/mol. The molecule has 2 fully saturated rings. The van der Waals surface area contributed by atoms with Crippen LogP contribution in [0.15, 0.2) is 0 Å². The van der Waals surface area contributed by atoms with E-state index < -0.39 is 0 Å². The van der Waals surface area contributed by atoms with E-state index in [1.54, 1.807) is 0 Å². The molecule has 1 N–H and O–H groups in total. The minimum Gasteiger partial charge on any atom is -0.311 e. The first kappa shape index (κ1) is 10.4. The number of nitrogens with zero attached hydrogens (tertiary/aromatic N) is 1. The zero-order chi connectivity index (χ0) is 9.97. The van der Waals surface area contributed by atoms with E-state index in [9.17, 15) is 0 Å². The molecule has 3 unspecified atom stereocenters. The topological polar surface area (TPSA) is 15.3 Å². The van der Waals surface area contributed by atoms with Gasteiger partial charge < -0.3 is 5.32 Å². The second-order valence-electron chi connectivity index (χ2n) is 5.13. The summed E-state index contributed by atoms with van der Waals surface area (Å²) in [6.07, 6.45) is 5.61. The van der Waals surface area contributed by atoms with Crippen LogP contribution in [0.4, 0.5) is 0 Å². The largest absolute Gasteiger partial charge is 0.311 e. The Morgan fingerprint density at radius 3 is 2.86 bits per heavy atom. The molecule has 1 saturated heterocycles. The second-order valence-corrected chi connectivity index (χ2v) is 5.13. The van der Waals surface area contributed by atoms with E-state index in [-0.39, 0.29) is 0 Å². The van der Waals surface area contributed by atoms with Crippen molar-refractivity contribution in [2.75, 3.05) is 19.6 Å². The fraction of sp³-hybridized carbons (Fsp3) is 1.00. The van der Waals surface area contributed by atoms with E-state index in [1.165, 1.54) is 45.3 Å². The summed E-state index contributed by atoms with van der Waals surface area (Å²) in [5.74, 6) is 0.968. The van der Waals surface area contributed by atoms with Crippen molar-refractivity contribution in [3.05, 3.63) is 0 Å². The maximum atomic E-state index is 3.59. The van der Waals surface area contributed by atoms with Crippen LogP contribution in [0, 0.1) is 5.92 Å². The smallest absolute Gasteiger partial charge is 0.0193 e. The van der Waals surface area contributed by atoms with Crippen LogP contribution in [0.2, 0.25) is 0 Å². The second kappa shape index (κ2) is 4.63. The number of hydrogen-bond acceptors (Lipinski definition) is 2. The lowest BCUT2D eigenvalue weighted by molar-refractivity contribution is 0.141. The lowest BCUT2D eigenvalue weighted by Gasteiger charge is -2.37. The first-order valence-electron chi connectivity index (χ1n) is 6.27. The molecular formula is C12H24N2. The van der Waals surface area contributed by atoms with Gasteiger partial charge in [-0.05, 0) is 31.6 Å². The molecule has 0 amide bonds. The molecule has 1 heterocycles. The monoisotopic (exact) mass is 196 g/mol. The highest BCUT2D eigenvalue weighted by molar-refractivity contribution is 4.86. The number of piperazine rings is 1. The van der Waals surface area contributed by atoms with Crippen LogP contribution >= 0.6 is 0 Å². The zero-order valence-corrected chi connectivity index (χ0v) is 9.63. The third-order valence-corrected chi connectivity index (χ3v) is 3.96. The van der Waals surface area contributed by atoms with Crippen LogP contribution in [0.25, 0.3) is 0 Å². The summed E-state index contributed by atoms with van der Waals surface area (Å²) in [5, 5.41) is 3.59. The van der Waals surface area contributed by atoms with E-state index in [1.807, 2.05) is 0 Å². The Bertz CT molecular complexity index is 181. The van der Waals surface area contributed by atoms with Crippen LogP contribution in [-0.2, 0) is 0 Å². The van der Waals surface area contributed by atoms with Crippen molar-refractivity contribution in [1.29, 1.82) is 0 Å². The third-order valence-electron chi connectivity index (χ3n) is 3.96. The molecule has 0 aromatic heterocycles. The molecule has 0 spiro atoms. The van der Waals surface area contributed by atoms with E-state index in [4.69, 9.17) is 0 Å². The molecule has 3 atom stereocenters. The molecule has 1 aliphatic carbocycles. The molecule has 1 aliphatic heterocycles. The van der Waals surface area contributed by atoms with E-state index in [2.05, 4.69) is 24.1 Å². The van der Waals surface area contributed by atoms with Crippen LogP contribution in [0.5, 0.6) is 0 Å². The van der Waals surface area contributed by atoms with Gasteiger partial charge in [-0.1, -0.05) is 13.8 Å². The minimum absolute atomic E-state index is 0.750. The summed E-state index contributed by atoms with van der Waals surface area (Å²) in [7, 11) is 0. The quantitative estimate of drug-likeness (QED) is 0.725. The predicted molar refractivity (Wildman–Crippen MR) is 60.5 cm³/mol. The van der Waals surface area contributed by atoms with E-state index in [0.717, 1.165) is 18.0 Å². The minimum atomic E-state index is 0.750. The Morgan fingerprint density at radius 1 is 1.36 bits per heavy atom. The van der Waals surface area contributed by atoms with Crippen molar-refractivity contribution in [1.82, 2.24) is 10.2 Å². The Kier molecular flexibility index (Phi) is 3.45. The van der Waals surface area contributed by atoms with E-state index in [0.29, 0.717) is 0 Å². The van der Waals surface area contributed by atoms with Gasteiger partial charge in [-0.3, -0.25) is 4.90 Å². The van der Waals surface area contributed by atoms with Crippen molar-refractivity contribution >= 4 is 0 Å². The molecule has 14 heavy (non-hydrogen) atoms. The van der Waals surface area contributed by atoms with Gasteiger partial charge >= 0.3 is 0 Å². The SMILES string of the molecule is CCC1CN(C2CCC(C)C2)CCN1. The van der Waals surface area contributed by atoms with Crippen molar-refractivity contribution in [3.63, 3.8) is 0 Å². The molecule has 0 aromatic rings. The van der Waals surface area contributed by atoms with Gasteiger partial charge in [0.25, 0.3) is 0 Å². The Labute approximate surface area is 88.1 Å². The highest BCUT2D eigenvalue weighted by atomic mass is 15.2. The lowest BCUT2D eigenvalue weighted by atomic mass is 10.1. The van der Waals surface area contributed by atoms with Gasteiger partial charge in [-0.25, -0.2) is 0 Å². The summed E-state index contributed by atoms with van der Waals surface area (Å²) in [6, 6.07) is 1.65. The summed E-state index contributed by atoms with van der Waals surface area (Å²) in [4.78, 5) is 2.73. The molecule has 0 bridgehead atoms. The van der Waals surface area contributed by atoms with Gasteiger partial charge in [0.1, 0.15) is 0 Å². The van der Waals surface area contributed by atoms with Crippen LogP contribution in [0.1, 0.15) is 39.5 Å². The maximum absolute atomic E-state index is 3.59. The normalized spacial score (nSPS) is 40.3. The Morgan fingerprint density at radius 2 is 2.21 bits per heavy atom. The number of nitrogens with one attached hydrogen (secondary N) is 1. The molecule has 2 nitrogen and oxygen atoms in total. The van der Waals surface area contributed by atoms with Crippen molar-refractivity contribution in [2.45, 2.75) is 51.6 Å². The van der Waals surface area contributed by atoms with Gasteiger partial charge in [0.2, 0.25) is 0 Å². The van der Waals surface area contributed by atoms with Gasteiger partial charge in [0.15, 0.2) is 0 Å². The molecule has 2 aliphatic rings. The summed E-state index contributed by atoms with van der Waals surface area (Å²) in [5.41, 5.74) is 0. The standard InChI is InChI=1S/C12H24N2/c1-3-11-9-14(7-6-13-11)12-5-4-10(2)8-12/h10-13H,3-9H2,1-2H3. The first-order valence-corrected chi connectivity index (χ1v) is 6.27. The maximum Gasteiger partial charge on any atom is 0.0193 e. The summed E-state index contributed by atoms with van der Waals surface area (Å²) >= 11 is 0. The van der Waals surface area contributed by atoms with Crippen LogP contribution < -0.4 is 5.32 Å². The third kappa shape index (κ3) is 2.29. The summed E-state index contributed by atoms with van der Waals surface area (Å²) in [6.45, 7) is 8.45. The first-order chi connectivity index (χ1) is 6.79. The van der Waals surface area contributed by atoms with Crippen molar-refractivity contribution in [3.8, 4) is 0 Å². The van der Waals surface area contributed by atoms with Gasteiger partial charge in [-0.15, -0.1) is 0 Å². The van der Waals surface area contributed by atoms with Crippen LogP contribution in [0.3, 0.4) is 0 Å². The average Bonchev–Trinajstić information content (AvgIpc) is 2.65. The Balaban J connectivity index is 1.84. The summed E-state index contributed by atoms with van der Waals surface area (Å²) < 4.78 is 0. The predicted octanol–water partition coefficient (Wildman–Crippen LogP) is 1.86. The molecule has 82 valence electrons. The number of rotatable bonds is 2. The van der Waals surface area contributed by atoms with Crippen molar-refractivity contribution in [2.24, 2.45) is 5.92 Å². The Hall–Kier alpha value is -0.0800. The fourth-order valence-electron chi connectivity index (χ4n) is 2.96. The van der Waals surface area contributed by atoms with Crippen LogP contribution in [-0.4, -0.2) is 36.6 Å². The van der Waals surface area contributed by atoms with Gasteiger partial charge in [0.05, 0.1) is 0 Å². The van der Waals surface area contributed by atoms with E-state index >= 15 is 0 Å². The molecule has 1 saturated carbocycles. The highest BCUT2D eigenvalue weighted by Crippen LogP contribution is 2.29. The molecule has 0 aromatic carbocycles. The zero-order valence-electron chi connectivity index (χ0n) is 9.63. The molecule has 2 rings (SSSR count). The highest BCUT2D eigenvalue weighted by Gasteiger charge is 2.29. The lowest BCUT2D eigenvalue weighted by Crippen LogP contribution is -2.53. The average molecular weight is 196 g/mol. The molecule has 0 radical (unpaired) electrons. The molecule has 2 heteroatoms.